The highest BCUT2D eigenvalue weighted by atomic mass is 19.3. The Labute approximate surface area is 161 Å². The molecule has 148 valence electrons. The van der Waals surface area contributed by atoms with E-state index in [1.807, 2.05) is 11.8 Å². The molecule has 1 fully saturated rings. The number of halogens is 2. The predicted molar refractivity (Wildman–Crippen MR) is 101 cm³/mol. The summed E-state index contributed by atoms with van der Waals surface area (Å²) in [5.41, 5.74) is 1.52. The van der Waals surface area contributed by atoms with E-state index < -0.39 is 12.0 Å². The van der Waals surface area contributed by atoms with Gasteiger partial charge in [0.05, 0.1) is 5.69 Å². The van der Waals surface area contributed by atoms with Crippen molar-refractivity contribution in [1.29, 1.82) is 0 Å². The standard InChI is InChI=1S/C19H21F2N5O2/c1-11-9-26(6-5-22-11)16-8-12(19(2,20)21)7-15(24-16)13-3-4-23-17-14(13)10-28-18(27)25-17/h3-4,7-8,11,22H,5-6,9-10H2,1-2H3,(H,23,25,27). The van der Waals surface area contributed by atoms with Crippen LogP contribution < -0.4 is 15.5 Å². The van der Waals surface area contributed by atoms with Gasteiger partial charge in [0.15, 0.2) is 0 Å². The fourth-order valence-electron chi connectivity index (χ4n) is 3.47. The fraction of sp³-hybridized carbons (Fsp3) is 0.421. The molecule has 0 bridgehead atoms. The first-order valence-corrected chi connectivity index (χ1v) is 9.12. The van der Waals surface area contributed by atoms with Gasteiger partial charge in [0, 0.05) is 55.5 Å². The number of nitrogens with one attached hydrogen (secondary N) is 2. The zero-order chi connectivity index (χ0) is 19.9. The van der Waals surface area contributed by atoms with Gasteiger partial charge in [-0.3, -0.25) is 5.32 Å². The summed E-state index contributed by atoms with van der Waals surface area (Å²) in [6, 6.07) is 4.78. The minimum atomic E-state index is -3.01. The first-order chi connectivity index (χ1) is 13.3. The summed E-state index contributed by atoms with van der Waals surface area (Å²) in [6.07, 6.45) is 0.930. The quantitative estimate of drug-likeness (QED) is 0.840. The van der Waals surface area contributed by atoms with Crippen LogP contribution in [0.3, 0.4) is 0 Å². The number of piperazine rings is 1. The average molecular weight is 389 g/mol. The van der Waals surface area contributed by atoms with Crippen LogP contribution >= 0.6 is 0 Å². The molecule has 2 aliphatic heterocycles. The van der Waals surface area contributed by atoms with Crippen molar-refractivity contribution in [3.05, 3.63) is 35.5 Å². The molecule has 2 aliphatic rings. The SMILES string of the molecule is CC1CN(c2cc(C(C)(F)F)cc(-c3ccnc4c3COC(=O)N4)n2)CCN1. The summed E-state index contributed by atoms with van der Waals surface area (Å²) in [6.45, 7) is 5.06. The van der Waals surface area contributed by atoms with Gasteiger partial charge in [0.2, 0.25) is 0 Å². The minimum Gasteiger partial charge on any atom is -0.444 e. The Balaban J connectivity index is 1.82. The number of carbonyl (C=O) groups is 1. The third-order valence-electron chi connectivity index (χ3n) is 4.91. The molecule has 2 aromatic heterocycles. The van der Waals surface area contributed by atoms with E-state index in [4.69, 9.17) is 4.74 Å². The van der Waals surface area contributed by atoms with Crippen LogP contribution in [-0.2, 0) is 17.3 Å². The Morgan fingerprint density at radius 3 is 2.93 bits per heavy atom. The summed E-state index contributed by atoms with van der Waals surface area (Å²) in [4.78, 5) is 22.3. The Hall–Kier alpha value is -2.81. The number of hydrogen-bond acceptors (Lipinski definition) is 6. The number of anilines is 2. The van der Waals surface area contributed by atoms with Crippen LogP contribution in [0.1, 0.15) is 25.0 Å². The Kier molecular flexibility index (Phi) is 4.62. The number of aromatic nitrogens is 2. The second-order valence-corrected chi connectivity index (χ2v) is 7.18. The number of pyridine rings is 2. The lowest BCUT2D eigenvalue weighted by Crippen LogP contribution is -2.49. The highest BCUT2D eigenvalue weighted by Crippen LogP contribution is 2.36. The van der Waals surface area contributed by atoms with Gasteiger partial charge in [-0.25, -0.2) is 23.5 Å². The number of hydrogen-bond donors (Lipinski definition) is 2. The molecular weight excluding hydrogens is 368 g/mol. The van der Waals surface area contributed by atoms with Crippen LogP contribution in [0, 0.1) is 0 Å². The maximum absolute atomic E-state index is 14.2. The van der Waals surface area contributed by atoms with E-state index in [0.29, 0.717) is 41.5 Å². The van der Waals surface area contributed by atoms with E-state index in [9.17, 15) is 13.6 Å². The Bertz CT molecular complexity index is 916. The van der Waals surface area contributed by atoms with Crippen molar-refractivity contribution in [1.82, 2.24) is 15.3 Å². The molecule has 2 N–H and O–H groups in total. The number of ether oxygens (including phenoxy) is 1. The van der Waals surface area contributed by atoms with Crippen LogP contribution in [0.5, 0.6) is 0 Å². The van der Waals surface area contributed by atoms with Crippen LogP contribution in [0.2, 0.25) is 0 Å². The molecule has 2 aromatic rings. The molecule has 0 radical (unpaired) electrons. The van der Waals surface area contributed by atoms with Gasteiger partial charge in [-0.15, -0.1) is 0 Å². The van der Waals surface area contributed by atoms with Gasteiger partial charge in [-0.2, -0.15) is 0 Å². The maximum atomic E-state index is 14.2. The van der Waals surface area contributed by atoms with Crippen molar-refractivity contribution in [3.63, 3.8) is 0 Å². The summed E-state index contributed by atoms with van der Waals surface area (Å²) < 4.78 is 33.5. The first kappa shape index (κ1) is 18.5. The summed E-state index contributed by atoms with van der Waals surface area (Å²) in [5.74, 6) is -2.14. The molecule has 7 nitrogen and oxygen atoms in total. The molecule has 1 unspecified atom stereocenters. The number of nitrogens with zero attached hydrogens (tertiary/aromatic N) is 3. The summed E-state index contributed by atoms with van der Waals surface area (Å²) in [7, 11) is 0. The van der Waals surface area contributed by atoms with E-state index in [2.05, 4.69) is 20.6 Å². The monoisotopic (exact) mass is 389 g/mol. The van der Waals surface area contributed by atoms with E-state index in [1.54, 1.807) is 6.07 Å². The number of carbonyl (C=O) groups excluding carboxylic acids is 1. The summed E-state index contributed by atoms with van der Waals surface area (Å²) >= 11 is 0. The predicted octanol–water partition coefficient (Wildman–Crippen LogP) is 3.12. The number of fused-ring (bicyclic) bond motifs is 1. The normalized spacial score (nSPS) is 19.6. The lowest BCUT2D eigenvalue weighted by molar-refractivity contribution is 0.0174. The van der Waals surface area contributed by atoms with Crippen LogP contribution in [0.15, 0.2) is 24.4 Å². The maximum Gasteiger partial charge on any atom is 0.413 e. The third kappa shape index (κ3) is 3.62. The number of cyclic esters (lactones) is 1. The average Bonchev–Trinajstić information content (AvgIpc) is 2.66. The van der Waals surface area contributed by atoms with Crippen molar-refractivity contribution in [2.45, 2.75) is 32.4 Å². The molecule has 28 heavy (non-hydrogen) atoms. The second-order valence-electron chi connectivity index (χ2n) is 7.18. The molecule has 0 saturated carbocycles. The highest BCUT2D eigenvalue weighted by Gasteiger charge is 2.29. The molecule has 4 heterocycles. The van der Waals surface area contributed by atoms with E-state index >= 15 is 0 Å². The van der Waals surface area contributed by atoms with Crippen molar-refractivity contribution < 1.29 is 18.3 Å². The van der Waals surface area contributed by atoms with Crippen molar-refractivity contribution in [3.8, 4) is 11.3 Å². The molecule has 0 aliphatic carbocycles. The van der Waals surface area contributed by atoms with Gasteiger partial charge < -0.3 is 15.0 Å². The van der Waals surface area contributed by atoms with Crippen LogP contribution in [0.4, 0.5) is 25.2 Å². The largest absolute Gasteiger partial charge is 0.444 e. The van der Waals surface area contributed by atoms with E-state index in [0.717, 1.165) is 13.5 Å². The number of alkyl halides is 2. The lowest BCUT2D eigenvalue weighted by atomic mass is 10.0. The van der Waals surface area contributed by atoms with Gasteiger partial charge in [-0.05, 0) is 25.1 Å². The molecule has 0 aromatic carbocycles. The minimum absolute atomic E-state index is 0.0127. The first-order valence-electron chi connectivity index (χ1n) is 9.12. The summed E-state index contributed by atoms with van der Waals surface area (Å²) in [5, 5.41) is 5.87. The zero-order valence-electron chi connectivity index (χ0n) is 15.6. The Morgan fingerprint density at radius 1 is 1.36 bits per heavy atom. The molecule has 0 spiro atoms. The third-order valence-corrected chi connectivity index (χ3v) is 4.91. The van der Waals surface area contributed by atoms with Crippen molar-refractivity contribution in [2.24, 2.45) is 0 Å². The highest BCUT2D eigenvalue weighted by molar-refractivity contribution is 5.88. The van der Waals surface area contributed by atoms with Crippen molar-refractivity contribution in [2.75, 3.05) is 29.9 Å². The lowest BCUT2D eigenvalue weighted by Gasteiger charge is -2.33. The molecule has 1 amide bonds. The number of rotatable bonds is 3. The van der Waals surface area contributed by atoms with Crippen molar-refractivity contribution >= 4 is 17.7 Å². The second kappa shape index (κ2) is 6.97. The number of amides is 1. The van der Waals surface area contributed by atoms with Gasteiger partial charge in [0.25, 0.3) is 5.92 Å². The van der Waals surface area contributed by atoms with Crippen LogP contribution in [-0.4, -0.2) is 41.7 Å². The fourth-order valence-corrected chi connectivity index (χ4v) is 3.47. The Morgan fingerprint density at radius 2 is 2.18 bits per heavy atom. The zero-order valence-corrected chi connectivity index (χ0v) is 15.6. The molecule has 1 saturated heterocycles. The van der Waals surface area contributed by atoms with Gasteiger partial charge >= 0.3 is 6.09 Å². The van der Waals surface area contributed by atoms with Crippen LogP contribution in [0.25, 0.3) is 11.3 Å². The molecular formula is C19H21F2N5O2. The molecule has 9 heteroatoms. The van der Waals surface area contributed by atoms with Gasteiger partial charge in [-0.1, -0.05) is 0 Å². The van der Waals surface area contributed by atoms with E-state index in [-0.39, 0.29) is 18.2 Å². The van der Waals surface area contributed by atoms with Gasteiger partial charge in [0.1, 0.15) is 18.2 Å². The molecule has 1 atom stereocenters. The smallest absolute Gasteiger partial charge is 0.413 e. The topological polar surface area (TPSA) is 79.4 Å². The molecule has 4 rings (SSSR count). The van der Waals surface area contributed by atoms with E-state index in [1.165, 1.54) is 18.3 Å².